The molecule has 0 saturated carbocycles. The number of fused-ring (bicyclic) bond motifs is 12. The lowest BCUT2D eigenvalue weighted by atomic mass is 9.66. The minimum absolute atomic E-state index is 0.516. The third-order valence-electron chi connectivity index (χ3n) is 12.8. The fraction of sp³-hybridized carbons (Fsp3) is 0.0172. The average molecular weight is 806 g/mol. The number of hydrogen-bond donors (Lipinski definition) is 0. The minimum atomic E-state index is -0.516. The van der Waals surface area contributed by atoms with Crippen LogP contribution < -0.4 is 4.74 Å². The van der Waals surface area contributed by atoms with Gasteiger partial charge in [0.05, 0.1) is 5.41 Å². The van der Waals surface area contributed by atoms with Crippen molar-refractivity contribution in [2.75, 3.05) is 0 Å². The van der Waals surface area contributed by atoms with Crippen molar-refractivity contribution in [3.05, 3.63) is 235 Å². The Morgan fingerprint density at radius 3 is 1.60 bits per heavy atom. The first-order valence-electron chi connectivity index (χ1n) is 21.3. The molecule has 294 valence electrons. The Labute approximate surface area is 363 Å². The van der Waals surface area contributed by atoms with E-state index in [-0.39, 0.29) is 0 Å². The van der Waals surface area contributed by atoms with E-state index in [9.17, 15) is 0 Å². The van der Waals surface area contributed by atoms with Crippen LogP contribution in [0.4, 0.5) is 0 Å². The molecular weight excluding hydrogens is 771 g/mol. The molecule has 63 heavy (non-hydrogen) atoms. The maximum Gasteiger partial charge on any atom is 0.164 e. The maximum atomic E-state index is 6.87. The van der Waals surface area contributed by atoms with Gasteiger partial charge in [0, 0.05) is 44.2 Å². The minimum Gasteiger partial charge on any atom is -0.457 e. The molecule has 0 bridgehead atoms. The third-order valence-corrected chi connectivity index (χ3v) is 12.8. The molecule has 1 aliphatic heterocycles. The lowest BCUT2D eigenvalue weighted by Crippen LogP contribution is -2.32. The van der Waals surface area contributed by atoms with Gasteiger partial charge in [-0.05, 0) is 69.3 Å². The van der Waals surface area contributed by atoms with Gasteiger partial charge in [-0.15, -0.1) is 0 Å². The standard InChI is InChI=1S/C58H35N3O2/c1-3-15-36(16-4-1)38-19-13-20-40(33-38)56-59-55(37-17-5-2-6-18-37)60-57(61-56)41-29-31-45-46-24-14-23-42(54(46)63-52(45)35-41)39-30-32-50-53(34-39)62-51-28-12-11-27-49(51)58(50)47-25-9-7-21-43(47)44-22-8-10-26-48(44)58/h1-35H. The molecular formula is C58H35N3O2. The highest BCUT2D eigenvalue weighted by molar-refractivity contribution is 6.10. The van der Waals surface area contributed by atoms with Gasteiger partial charge in [0.25, 0.3) is 0 Å². The van der Waals surface area contributed by atoms with Crippen molar-refractivity contribution in [1.82, 2.24) is 15.0 Å². The maximum absolute atomic E-state index is 6.87. The second kappa shape index (κ2) is 13.8. The van der Waals surface area contributed by atoms with Crippen LogP contribution in [0.2, 0.25) is 0 Å². The zero-order valence-corrected chi connectivity index (χ0v) is 33.9. The summed E-state index contributed by atoms with van der Waals surface area (Å²) in [7, 11) is 0. The fourth-order valence-electron chi connectivity index (χ4n) is 10.0. The summed E-state index contributed by atoms with van der Waals surface area (Å²) in [5, 5.41) is 2.05. The lowest BCUT2D eigenvalue weighted by molar-refractivity contribution is 0.436. The molecule has 11 aromatic rings. The van der Waals surface area contributed by atoms with Gasteiger partial charge in [0.2, 0.25) is 0 Å². The van der Waals surface area contributed by atoms with Crippen LogP contribution in [0.15, 0.2) is 217 Å². The van der Waals surface area contributed by atoms with Gasteiger partial charge in [-0.2, -0.15) is 0 Å². The van der Waals surface area contributed by atoms with Gasteiger partial charge < -0.3 is 9.15 Å². The van der Waals surface area contributed by atoms with Crippen LogP contribution in [0.1, 0.15) is 22.3 Å². The lowest BCUT2D eigenvalue weighted by Gasteiger charge is -2.39. The molecule has 0 fully saturated rings. The first-order chi connectivity index (χ1) is 31.2. The zero-order valence-electron chi connectivity index (χ0n) is 33.9. The van der Waals surface area contributed by atoms with Gasteiger partial charge in [0.1, 0.15) is 22.7 Å². The molecule has 5 nitrogen and oxygen atoms in total. The number of aromatic nitrogens is 3. The van der Waals surface area contributed by atoms with Crippen molar-refractivity contribution < 1.29 is 9.15 Å². The van der Waals surface area contributed by atoms with Crippen LogP contribution >= 0.6 is 0 Å². The largest absolute Gasteiger partial charge is 0.457 e. The van der Waals surface area contributed by atoms with Crippen molar-refractivity contribution in [3.8, 4) is 79.0 Å². The summed E-state index contributed by atoms with van der Waals surface area (Å²) < 4.78 is 13.7. The molecule has 0 amide bonds. The number of para-hydroxylation sites is 2. The van der Waals surface area contributed by atoms with E-state index in [4.69, 9.17) is 24.1 Å². The van der Waals surface area contributed by atoms with Gasteiger partial charge >= 0.3 is 0 Å². The molecule has 13 rings (SSSR count). The first kappa shape index (κ1) is 35.4. The predicted molar refractivity (Wildman–Crippen MR) is 252 cm³/mol. The van der Waals surface area contributed by atoms with E-state index < -0.39 is 5.41 Å². The Morgan fingerprint density at radius 1 is 0.317 bits per heavy atom. The summed E-state index contributed by atoms with van der Waals surface area (Å²) in [6.07, 6.45) is 0. The van der Waals surface area contributed by atoms with E-state index in [2.05, 4.69) is 176 Å². The van der Waals surface area contributed by atoms with E-state index >= 15 is 0 Å². The average Bonchev–Trinajstić information content (AvgIpc) is 3.88. The van der Waals surface area contributed by atoms with Crippen LogP contribution in [0.5, 0.6) is 11.5 Å². The van der Waals surface area contributed by atoms with Gasteiger partial charge in [0.15, 0.2) is 17.5 Å². The van der Waals surface area contributed by atoms with Crippen molar-refractivity contribution in [1.29, 1.82) is 0 Å². The van der Waals surface area contributed by atoms with Crippen LogP contribution in [0, 0.1) is 0 Å². The summed E-state index contributed by atoms with van der Waals surface area (Å²) in [4.78, 5) is 15.2. The van der Waals surface area contributed by atoms with Crippen LogP contribution in [-0.4, -0.2) is 15.0 Å². The topological polar surface area (TPSA) is 61.0 Å². The molecule has 1 spiro atoms. The monoisotopic (exact) mass is 805 g/mol. The van der Waals surface area contributed by atoms with Gasteiger partial charge in [-0.3, -0.25) is 0 Å². The summed E-state index contributed by atoms with van der Waals surface area (Å²) in [6, 6.07) is 74.2. The van der Waals surface area contributed by atoms with Gasteiger partial charge in [-0.25, -0.2) is 15.0 Å². The molecule has 0 N–H and O–H groups in total. The Bertz CT molecular complexity index is 3570. The highest BCUT2D eigenvalue weighted by atomic mass is 16.5. The predicted octanol–water partition coefficient (Wildman–Crippen LogP) is 14.6. The van der Waals surface area contributed by atoms with E-state index in [0.29, 0.717) is 17.5 Å². The number of hydrogen-bond acceptors (Lipinski definition) is 5. The Balaban J connectivity index is 0.938. The van der Waals surface area contributed by atoms with Crippen LogP contribution in [0.25, 0.3) is 89.5 Å². The Morgan fingerprint density at radius 2 is 0.857 bits per heavy atom. The number of furan rings is 1. The number of rotatable bonds is 5. The molecule has 0 atom stereocenters. The molecule has 9 aromatic carbocycles. The van der Waals surface area contributed by atoms with Crippen molar-refractivity contribution >= 4 is 21.9 Å². The van der Waals surface area contributed by atoms with E-state index in [1.807, 2.05) is 36.4 Å². The molecule has 2 aromatic heterocycles. The van der Waals surface area contributed by atoms with Gasteiger partial charge in [-0.1, -0.05) is 182 Å². The Kier molecular flexibility index (Phi) is 7.75. The summed E-state index contributed by atoms with van der Waals surface area (Å²) in [5.41, 5.74) is 15.3. The number of benzene rings is 9. The molecule has 3 heterocycles. The number of ether oxygens (including phenoxy) is 1. The highest BCUT2D eigenvalue weighted by Gasteiger charge is 2.50. The van der Waals surface area contributed by atoms with Crippen molar-refractivity contribution in [3.63, 3.8) is 0 Å². The quantitative estimate of drug-likeness (QED) is 0.173. The second-order valence-corrected chi connectivity index (χ2v) is 16.3. The molecule has 1 aliphatic carbocycles. The van der Waals surface area contributed by atoms with E-state index in [1.165, 1.54) is 22.3 Å². The normalized spacial score (nSPS) is 13.0. The molecule has 0 unspecified atom stereocenters. The summed E-state index contributed by atoms with van der Waals surface area (Å²) in [5.74, 6) is 3.48. The summed E-state index contributed by atoms with van der Waals surface area (Å²) >= 11 is 0. The number of nitrogens with zero attached hydrogens (tertiary/aromatic N) is 3. The summed E-state index contributed by atoms with van der Waals surface area (Å²) in [6.45, 7) is 0. The SMILES string of the molecule is c1ccc(-c2cccc(-c3nc(-c4ccccc4)nc(-c4ccc5c(c4)oc4c(-c6ccc7c(c6)Oc6ccccc6C76c7ccccc7-c7ccccc76)cccc45)n3)c2)cc1. The van der Waals surface area contributed by atoms with Crippen LogP contribution in [-0.2, 0) is 5.41 Å². The first-order valence-corrected chi connectivity index (χ1v) is 21.3. The van der Waals surface area contributed by atoms with E-state index in [0.717, 1.165) is 83.5 Å². The molecule has 0 saturated heterocycles. The Hall–Kier alpha value is -8.41. The van der Waals surface area contributed by atoms with E-state index in [1.54, 1.807) is 0 Å². The molecule has 5 heteroatoms. The smallest absolute Gasteiger partial charge is 0.164 e. The molecule has 0 radical (unpaired) electrons. The molecule has 2 aliphatic rings. The third kappa shape index (κ3) is 5.40. The second-order valence-electron chi connectivity index (χ2n) is 16.3. The zero-order chi connectivity index (χ0) is 41.5. The highest BCUT2D eigenvalue weighted by Crippen LogP contribution is 2.62. The fourth-order valence-corrected chi connectivity index (χ4v) is 10.0. The van der Waals surface area contributed by atoms with Crippen molar-refractivity contribution in [2.24, 2.45) is 0 Å². The van der Waals surface area contributed by atoms with Crippen LogP contribution in [0.3, 0.4) is 0 Å². The van der Waals surface area contributed by atoms with Crippen molar-refractivity contribution in [2.45, 2.75) is 5.41 Å².